The van der Waals surface area contributed by atoms with Crippen LogP contribution in [0.4, 0.5) is 5.82 Å². The molecule has 27 heavy (non-hydrogen) atoms. The van der Waals surface area contributed by atoms with Gasteiger partial charge in [-0.15, -0.1) is 24.0 Å². The van der Waals surface area contributed by atoms with E-state index in [0.29, 0.717) is 6.54 Å². The van der Waals surface area contributed by atoms with Crippen molar-refractivity contribution < 1.29 is 4.74 Å². The first kappa shape index (κ1) is 23.0. The number of ether oxygens (including phenoxy) is 1. The molecule has 0 saturated heterocycles. The summed E-state index contributed by atoms with van der Waals surface area (Å²) in [6.07, 6.45) is 1.83. The lowest BCUT2D eigenvalue weighted by Crippen LogP contribution is -2.38. The molecule has 1 heterocycles. The second-order valence-corrected chi connectivity index (χ2v) is 6.29. The van der Waals surface area contributed by atoms with Crippen LogP contribution < -0.4 is 15.0 Å². The Bertz CT molecular complexity index is 719. The lowest BCUT2D eigenvalue weighted by Gasteiger charge is -2.22. The molecule has 0 radical (unpaired) electrons. The monoisotopic (exact) mass is 483 g/mol. The molecule has 1 aromatic carbocycles. The number of nitrogens with zero attached hydrogens (tertiary/aromatic N) is 4. The van der Waals surface area contributed by atoms with E-state index in [1.54, 1.807) is 7.11 Å². The van der Waals surface area contributed by atoms with E-state index >= 15 is 0 Å². The van der Waals surface area contributed by atoms with Crippen LogP contribution in [0.15, 0.2) is 47.6 Å². The van der Waals surface area contributed by atoms with Gasteiger partial charge in [0.2, 0.25) is 0 Å². The average molecular weight is 483 g/mol. The van der Waals surface area contributed by atoms with Crippen molar-refractivity contribution >= 4 is 35.8 Å². The normalized spacial score (nSPS) is 10.8. The van der Waals surface area contributed by atoms with Crippen LogP contribution in [0.3, 0.4) is 0 Å². The number of anilines is 1. The molecule has 0 saturated carbocycles. The second-order valence-electron chi connectivity index (χ2n) is 6.29. The molecule has 6 nitrogen and oxygen atoms in total. The maximum absolute atomic E-state index is 5.22. The molecule has 0 bridgehead atoms. The summed E-state index contributed by atoms with van der Waals surface area (Å²) in [4.78, 5) is 13.2. The van der Waals surface area contributed by atoms with Gasteiger partial charge in [-0.1, -0.05) is 12.1 Å². The Kier molecular flexibility index (Phi) is 9.92. The molecule has 0 aliphatic carbocycles. The van der Waals surface area contributed by atoms with Crippen molar-refractivity contribution in [2.24, 2.45) is 4.99 Å². The molecule has 0 aliphatic rings. The van der Waals surface area contributed by atoms with E-state index in [9.17, 15) is 0 Å². The maximum atomic E-state index is 5.22. The average Bonchev–Trinajstić information content (AvgIpc) is 2.65. The summed E-state index contributed by atoms with van der Waals surface area (Å²) in [5, 5.41) is 3.36. The van der Waals surface area contributed by atoms with Crippen LogP contribution in [0.25, 0.3) is 0 Å². The molecule has 0 aliphatic heterocycles. The van der Waals surface area contributed by atoms with Gasteiger partial charge < -0.3 is 19.9 Å². The Hall–Kier alpha value is -2.03. The van der Waals surface area contributed by atoms with E-state index in [4.69, 9.17) is 9.73 Å². The van der Waals surface area contributed by atoms with E-state index in [1.165, 1.54) is 5.56 Å². The van der Waals surface area contributed by atoms with Gasteiger partial charge in [-0.3, -0.25) is 0 Å². The summed E-state index contributed by atoms with van der Waals surface area (Å²) >= 11 is 0. The number of hydrogen-bond acceptors (Lipinski definition) is 4. The molecule has 2 aromatic rings. The van der Waals surface area contributed by atoms with Crippen molar-refractivity contribution in [3.05, 3.63) is 53.7 Å². The van der Waals surface area contributed by atoms with Gasteiger partial charge in [0.15, 0.2) is 5.96 Å². The van der Waals surface area contributed by atoms with Crippen LogP contribution in [-0.2, 0) is 13.1 Å². The molecule has 1 aromatic heterocycles. The van der Waals surface area contributed by atoms with Crippen LogP contribution in [0.2, 0.25) is 0 Å². The molecule has 0 spiro atoms. The Labute approximate surface area is 179 Å². The summed E-state index contributed by atoms with van der Waals surface area (Å²) in [6, 6.07) is 12.2. The Morgan fingerprint density at radius 3 is 2.41 bits per heavy atom. The molecule has 7 heteroatoms. The first-order valence-electron chi connectivity index (χ1n) is 8.78. The molecule has 0 unspecified atom stereocenters. The smallest absolute Gasteiger partial charge is 0.194 e. The van der Waals surface area contributed by atoms with Gasteiger partial charge in [-0.25, -0.2) is 9.98 Å². The number of methoxy groups -OCH3 is 1. The Balaban J connectivity index is 0.00000364. The van der Waals surface area contributed by atoms with Crippen LogP contribution in [0, 0.1) is 0 Å². The van der Waals surface area contributed by atoms with Gasteiger partial charge in [0, 0.05) is 40.4 Å². The first-order valence-corrected chi connectivity index (χ1v) is 8.78. The van der Waals surface area contributed by atoms with E-state index in [0.717, 1.165) is 36.2 Å². The predicted molar refractivity (Wildman–Crippen MR) is 123 cm³/mol. The van der Waals surface area contributed by atoms with Crippen LogP contribution >= 0.6 is 24.0 Å². The number of aromatic nitrogens is 1. The third-order valence-electron chi connectivity index (χ3n) is 3.95. The molecule has 148 valence electrons. The Morgan fingerprint density at radius 2 is 1.81 bits per heavy atom. The Morgan fingerprint density at radius 1 is 1.11 bits per heavy atom. The number of pyridine rings is 1. The minimum absolute atomic E-state index is 0. The van der Waals surface area contributed by atoms with E-state index in [2.05, 4.69) is 40.3 Å². The molecule has 2 rings (SSSR count). The minimum Gasteiger partial charge on any atom is -0.497 e. The summed E-state index contributed by atoms with van der Waals surface area (Å²) in [7, 11) is 7.70. The number of halogens is 1. The number of nitrogens with one attached hydrogen (secondary N) is 1. The van der Waals surface area contributed by atoms with Crippen molar-refractivity contribution in [3.63, 3.8) is 0 Å². The van der Waals surface area contributed by atoms with Gasteiger partial charge in [0.1, 0.15) is 11.6 Å². The van der Waals surface area contributed by atoms with Crippen LogP contribution in [-0.4, -0.2) is 50.6 Å². The first-order chi connectivity index (χ1) is 12.5. The summed E-state index contributed by atoms with van der Waals surface area (Å²) in [5.41, 5.74) is 2.34. The fraction of sp³-hybridized carbons (Fsp3) is 0.400. The highest BCUT2D eigenvalue weighted by atomic mass is 127. The zero-order valence-electron chi connectivity index (χ0n) is 16.8. The van der Waals surface area contributed by atoms with Crippen molar-refractivity contribution in [2.75, 3.05) is 39.7 Å². The SMILES string of the molecule is CCNC(=NCc1ccnc(N(C)C)c1)N(C)Cc1ccc(OC)cc1.I. The highest BCUT2D eigenvalue weighted by molar-refractivity contribution is 14.0. The van der Waals surface area contributed by atoms with Gasteiger partial charge in [0.25, 0.3) is 0 Å². The summed E-state index contributed by atoms with van der Waals surface area (Å²) in [5.74, 6) is 2.69. The van der Waals surface area contributed by atoms with E-state index in [-0.39, 0.29) is 24.0 Å². The highest BCUT2D eigenvalue weighted by Gasteiger charge is 2.07. The summed E-state index contributed by atoms with van der Waals surface area (Å²) < 4.78 is 5.22. The predicted octanol–water partition coefficient (Wildman–Crippen LogP) is 3.37. The molecule has 0 atom stereocenters. The standard InChI is InChI=1S/C20H29N5O.HI/c1-6-21-20(23-14-17-11-12-22-19(13-17)24(2)3)25(4)15-16-7-9-18(26-5)10-8-16;/h7-13H,6,14-15H2,1-5H3,(H,21,23);1H. The maximum Gasteiger partial charge on any atom is 0.194 e. The van der Waals surface area contributed by atoms with Crippen molar-refractivity contribution in [1.29, 1.82) is 0 Å². The van der Waals surface area contributed by atoms with Crippen molar-refractivity contribution in [2.45, 2.75) is 20.0 Å². The van der Waals surface area contributed by atoms with Crippen molar-refractivity contribution in [1.82, 2.24) is 15.2 Å². The highest BCUT2D eigenvalue weighted by Crippen LogP contribution is 2.13. The number of aliphatic imine (C=N–C) groups is 1. The molecule has 0 fully saturated rings. The fourth-order valence-corrected chi connectivity index (χ4v) is 2.52. The number of guanidine groups is 1. The lowest BCUT2D eigenvalue weighted by molar-refractivity contribution is 0.414. The number of hydrogen-bond donors (Lipinski definition) is 1. The third-order valence-corrected chi connectivity index (χ3v) is 3.95. The number of rotatable bonds is 7. The lowest BCUT2D eigenvalue weighted by atomic mass is 10.2. The topological polar surface area (TPSA) is 53.0 Å². The quantitative estimate of drug-likeness (QED) is 0.372. The van der Waals surface area contributed by atoms with Gasteiger partial charge in [0.05, 0.1) is 13.7 Å². The molecular weight excluding hydrogens is 453 g/mol. The van der Waals surface area contributed by atoms with E-state index in [1.807, 2.05) is 50.4 Å². The van der Waals surface area contributed by atoms with Gasteiger partial charge in [-0.2, -0.15) is 0 Å². The zero-order chi connectivity index (χ0) is 18.9. The fourth-order valence-electron chi connectivity index (χ4n) is 2.52. The molecule has 0 amide bonds. The minimum atomic E-state index is 0. The second kappa shape index (κ2) is 11.6. The number of benzene rings is 1. The molecular formula is C20H30IN5O. The zero-order valence-corrected chi connectivity index (χ0v) is 19.1. The van der Waals surface area contributed by atoms with Crippen LogP contribution in [0.1, 0.15) is 18.1 Å². The van der Waals surface area contributed by atoms with Crippen LogP contribution in [0.5, 0.6) is 5.75 Å². The van der Waals surface area contributed by atoms with Crippen molar-refractivity contribution in [3.8, 4) is 5.75 Å². The summed E-state index contributed by atoms with van der Waals surface area (Å²) in [6.45, 7) is 4.28. The van der Waals surface area contributed by atoms with Gasteiger partial charge in [-0.05, 0) is 42.3 Å². The van der Waals surface area contributed by atoms with E-state index < -0.39 is 0 Å². The largest absolute Gasteiger partial charge is 0.497 e. The molecule has 1 N–H and O–H groups in total. The third kappa shape index (κ3) is 7.24. The van der Waals surface area contributed by atoms with Gasteiger partial charge >= 0.3 is 0 Å².